The Morgan fingerprint density at radius 1 is 1.50 bits per heavy atom. The number of thioether (sulfide) groups is 1. The summed E-state index contributed by atoms with van der Waals surface area (Å²) in [6, 6.07) is 5.09. The molecule has 1 heterocycles. The predicted molar refractivity (Wildman–Crippen MR) is 75.4 cm³/mol. The van der Waals surface area contributed by atoms with E-state index < -0.39 is 0 Å². The molecule has 1 aromatic heterocycles. The Morgan fingerprint density at radius 2 is 2.31 bits per heavy atom. The molecule has 1 aliphatic rings. The van der Waals surface area contributed by atoms with Crippen molar-refractivity contribution in [2.75, 3.05) is 18.6 Å². The Morgan fingerprint density at radius 3 is 2.94 bits per heavy atom. The molecule has 1 unspecified atom stereocenters. The molecule has 0 bridgehead atoms. The lowest BCUT2D eigenvalue weighted by molar-refractivity contribution is 0.380. The van der Waals surface area contributed by atoms with Gasteiger partial charge in [0.1, 0.15) is 0 Å². The summed E-state index contributed by atoms with van der Waals surface area (Å²) in [7, 11) is 0. The molecule has 1 N–H and O–H groups in total. The minimum absolute atomic E-state index is 0.620. The van der Waals surface area contributed by atoms with Gasteiger partial charge in [-0.3, -0.25) is 0 Å². The van der Waals surface area contributed by atoms with E-state index in [9.17, 15) is 0 Å². The summed E-state index contributed by atoms with van der Waals surface area (Å²) in [4.78, 5) is 1.54. The number of rotatable bonds is 6. The van der Waals surface area contributed by atoms with Gasteiger partial charge in [-0.2, -0.15) is 11.8 Å². The molecule has 0 aromatic carbocycles. The molecule has 0 amide bonds. The van der Waals surface area contributed by atoms with Gasteiger partial charge < -0.3 is 5.32 Å². The second-order valence-corrected chi connectivity index (χ2v) is 6.45. The number of hydrogen-bond donors (Lipinski definition) is 1. The van der Waals surface area contributed by atoms with Gasteiger partial charge in [0.25, 0.3) is 0 Å². The fourth-order valence-electron chi connectivity index (χ4n) is 2.58. The lowest BCUT2D eigenvalue weighted by Gasteiger charge is -2.23. The highest BCUT2D eigenvalue weighted by molar-refractivity contribution is 7.98. The summed E-state index contributed by atoms with van der Waals surface area (Å²) >= 11 is 3.83. The van der Waals surface area contributed by atoms with E-state index in [4.69, 9.17) is 0 Å². The molecule has 1 aromatic rings. The van der Waals surface area contributed by atoms with Crippen LogP contribution >= 0.6 is 23.1 Å². The quantitative estimate of drug-likeness (QED) is 0.773. The molecule has 1 atom stereocenters. The van der Waals surface area contributed by atoms with Gasteiger partial charge in [-0.25, -0.2) is 0 Å². The first-order valence-electron chi connectivity index (χ1n) is 6.17. The van der Waals surface area contributed by atoms with Crippen LogP contribution in [0, 0.1) is 5.92 Å². The third kappa shape index (κ3) is 3.25. The van der Waals surface area contributed by atoms with Crippen molar-refractivity contribution in [1.29, 1.82) is 0 Å². The Kier molecular flexibility index (Phi) is 5.20. The highest BCUT2D eigenvalue weighted by atomic mass is 32.2. The maximum atomic E-state index is 3.75. The molecule has 90 valence electrons. The van der Waals surface area contributed by atoms with Crippen LogP contribution in [0.15, 0.2) is 17.5 Å². The van der Waals surface area contributed by atoms with Gasteiger partial charge in [-0.05, 0) is 36.5 Å². The van der Waals surface area contributed by atoms with Crippen LogP contribution in [0.5, 0.6) is 0 Å². The Labute approximate surface area is 107 Å². The maximum absolute atomic E-state index is 3.75. The smallest absolute Gasteiger partial charge is 0.0443 e. The van der Waals surface area contributed by atoms with E-state index in [0.29, 0.717) is 6.04 Å². The van der Waals surface area contributed by atoms with Gasteiger partial charge in [0.15, 0.2) is 0 Å². The Bertz CT molecular complexity index is 278. The third-order valence-electron chi connectivity index (χ3n) is 3.39. The average molecular weight is 255 g/mol. The molecular formula is C13H21NS2. The first-order chi connectivity index (χ1) is 7.92. The number of nitrogens with one attached hydrogen (secondary N) is 1. The van der Waals surface area contributed by atoms with Crippen LogP contribution in [-0.2, 0) is 0 Å². The molecule has 0 spiro atoms. The van der Waals surface area contributed by atoms with Crippen LogP contribution in [0.4, 0.5) is 0 Å². The minimum Gasteiger partial charge on any atom is -0.308 e. The fraction of sp³-hybridized carbons (Fsp3) is 0.692. The normalized spacial score (nSPS) is 19.1. The molecule has 1 saturated carbocycles. The number of thiophene rings is 1. The van der Waals surface area contributed by atoms with Crippen molar-refractivity contribution < 1.29 is 0 Å². The van der Waals surface area contributed by atoms with E-state index in [1.165, 1.54) is 36.3 Å². The lowest BCUT2D eigenvalue weighted by Crippen LogP contribution is -2.28. The van der Waals surface area contributed by atoms with Gasteiger partial charge in [0.2, 0.25) is 0 Å². The molecule has 2 rings (SSSR count). The van der Waals surface area contributed by atoms with Crippen molar-refractivity contribution in [1.82, 2.24) is 5.32 Å². The van der Waals surface area contributed by atoms with Crippen LogP contribution < -0.4 is 5.32 Å². The lowest BCUT2D eigenvalue weighted by atomic mass is 9.97. The van der Waals surface area contributed by atoms with Gasteiger partial charge >= 0.3 is 0 Å². The van der Waals surface area contributed by atoms with E-state index in [0.717, 1.165) is 12.5 Å². The van der Waals surface area contributed by atoms with Crippen molar-refractivity contribution in [3.8, 4) is 0 Å². The average Bonchev–Trinajstić information content (AvgIpc) is 2.97. The Balaban J connectivity index is 1.95. The molecule has 0 radical (unpaired) electrons. The van der Waals surface area contributed by atoms with E-state index in [-0.39, 0.29) is 0 Å². The zero-order chi connectivity index (χ0) is 11.2. The Hall–Kier alpha value is 0.01000. The highest BCUT2D eigenvalue weighted by Gasteiger charge is 2.26. The molecule has 16 heavy (non-hydrogen) atoms. The van der Waals surface area contributed by atoms with E-state index in [1.54, 1.807) is 0 Å². The van der Waals surface area contributed by atoms with Gasteiger partial charge in [-0.1, -0.05) is 18.9 Å². The van der Waals surface area contributed by atoms with Crippen LogP contribution in [0.3, 0.4) is 0 Å². The van der Waals surface area contributed by atoms with Crippen LogP contribution in [0.1, 0.15) is 36.6 Å². The maximum Gasteiger partial charge on any atom is 0.0443 e. The van der Waals surface area contributed by atoms with Crippen molar-refractivity contribution in [2.24, 2.45) is 5.92 Å². The summed E-state index contributed by atoms with van der Waals surface area (Å²) in [5, 5.41) is 5.96. The molecule has 1 fully saturated rings. The predicted octanol–water partition coefficient (Wildman–Crippen LogP) is 3.93. The van der Waals surface area contributed by atoms with Crippen LogP contribution in [-0.4, -0.2) is 18.6 Å². The molecule has 0 aliphatic heterocycles. The molecule has 1 aliphatic carbocycles. The third-order valence-corrected chi connectivity index (χ3v) is 4.96. The van der Waals surface area contributed by atoms with Crippen molar-refractivity contribution in [3.63, 3.8) is 0 Å². The van der Waals surface area contributed by atoms with Crippen LogP contribution in [0.2, 0.25) is 0 Å². The fourth-order valence-corrected chi connectivity index (χ4v) is 3.79. The molecule has 1 nitrogen and oxygen atoms in total. The first kappa shape index (κ1) is 12.5. The standard InChI is InChI=1S/C13H21NS2/c1-15-10-8-14-13(11-5-2-3-6-11)12-7-4-9-16-12/h4,7,9,11,13-14H,2-3,5-6,8,10H2,1H3. The second kappa shape index (κ2) is 6.67. The van der Waals surface area contributed by atoms with Crippen molar-refractivity contribution in [2.45, 2.75) is 31.7 Å². The summed E-state index contributed by atoms with van der Waals surface area (Å²) in [6.45, 7) is 1.14. The largest absolute Gasteiger partial charge is 0.308 e. The van der Waals surface area contributed by atoms with Crippen molar-refractivity contribution >= 4 is 23.1 Å². The summed E-state index contributed by atoms with van der Waals surface area (Å²) in [5.74, 6) is 2.09. The van der Waals surface area contributed by atoms with Gasteiger partial charge in [0.05, 0.1) is 0 Å². The molecule has 3 heteroatoms. The summed E-state index contributed by atoms with van der Waals surface area (Å²) in [5.41, 5.74) is 0. The van der Waals surface area contributed by atoms with E-state index in [2.05, 4.69) is 29.1 Å². The number of hydrogen-bond acceptors (Lipinski definition) is 3. The first-order valence-corrected chi connectivity index (χ1v) is 8.45. The monoisotopic (exact) mass is 255 g/mol. The second-order valence-electron chi connectivity index (χ2n) is 4.48. The minimum atomic E-state index is 0.620. The topological polar surface area (TPSA) is 12.0 Å². The molecule has 0 saturated heterocycles. The zero-order valence-electron chi connectivity index (χ0n) is 9.95. The van der Waals surface area contributed by atoms with E-state index in [1.807, 2.05) is 23.1 Å². The summed E-state index contributed by atoms with van der Waals surface area (Å²) in [6.07, 6.45) is 7.86. The van der Waals surface area contributed by atoms with E-state index >= 15 is 0 Å². The van der Waals surface area contributed by atoms with Crippen LogP contribution in [0.25, 0.3) is 0 Å². The zero-order valence-corrected chi connectivity index (χ0v) is 11.6. The summed E-state index contributed by atoms with van der Waals surface area (Å²) < 4.78 is 0. The highest BCUT2D eigenvalue weighted by Crippen LogP contribution is 2.37. The molecular weight excluding hydrogens is 234 g/mol. The van der Waals surface area contributed by atoms with Gasteiger partial charge in [0, 0.05) is 23.2 Å². The SMILES string of the molecule is CSCCNC(c1cccs1)C1CCCC1. The van der Waals surface area contributed by atoms with Crippen molar-refractivity contribution in [3.05, 3.63) is 22.4 Å². The van der Waals surface area contributed by atoms with Gasteiger partial charge in [-0.15, -0.1) is 11.3 Å².